The van der Waals surface area contributed by atoms with Gasteiger partial charge in [-0.05, 0) is 84.6 Å². The lowest BCUT2D eigenvalue weighted by molar-refractivity contribution is 0.661. The van der Waals surface area contributed by atoms with E-state index in [2.05, 4.69) is 184 Å². The van der Waals surface area contributed by atoms with Crippen LogP contribution in [0.4, 0.5) is 0 Å². The highest BCUT2D eigenvalue weighted by Gasteiger charge is 2.37. The van der Waals surface area contributed by atoms with Crippen molar-refractivity contribution >= 4 is 10.8 Å². The Kier molecular flexibility index (Phi) is 7.85. The monoisotopic (exact) mass is 702 g/mol. The fourth-order valence-corrected chi connectivity index (χ4v) is 8.41. The largest absolute Gasteiger partial charge is 0.228 e. The first-order valence-corrected chi connectivity index (χ1v) is 19.0. The first-order chi connectivity index (χ1) is 27.0. The molecule has 10 rings (SSSR count). The number of hydrogen-bond acceptors (Lipinski definition) is 2. The summed E-state index contributed by atoms with van der Waals surface area (Å²) in [6, 6.07) is 69.6. The van der Waals surface area contributed by atoms with Gasteiger partial charge in [-0.25, -0.2) is 9.97 Å². The minimum absolute atomic E-state index is 0.0970. The van der Waals surface area contributed by atoms with Crippen molar-refractivity contribution in [3.05, 3.63) is 205 Å². The first kappa shape index (κ1) is 32.7. The van der Waals surface area contributed by atoms with E-state index in [1.54, 1.807) is 0 Å². The van der Waals surface area contributed by atoms with Gasteiger partial charge in [-0.2, -0.15) is 0 Å². The van der Waals surface area contributed by atoms with Crippen LogP contribution in [0.3, 0.4) is 0 Å². The van der Waals surface area contributed by atoms with Gasteiger partial charge in [0.05, 0.1) is 11.4 Å². The van der Waals surface area contributed by atoms with E-state index in [0.717, 1.165) is 28.1 Å². The molecule has 0 N–H and O–H groups in total. The fraction of sp³-hybridized carbons (Fsp3) is 0.0566. The average Bonchev–Trinajstić information content (AvgIpc) is 3.48. The van der Waals surface area contributed by atoms with E-state index >= 15 is 0 Å². The van der Waals surface area contributed by atoms with Crippen molar-refractivity contribution in [2.75, 3.05) is 0 Å². The van der Waals surface area contributed by atoms with E-state index in [0.29, 0.717) is 5.82 Å². The summed E-state index contributed by atoms with van der Waals surface area (Å²) >= 11 is 0. The van der Waals surface area contributed by atoms with Gasteiger partial charge in [0.15, 0.2) is 5.82 Å². The zero-order valence-corrected chi connectivity index (χ0v) is 30.9. The van der Waals surface area contributed by atoms with Gasteiger partial charge >= 0.3 is 0 Å². The summed E-state index contributed by atoms with van der Waals surface area (Å²) in [4.78, 5) is 10.2. The molecule has 1 aliphatic rings. The summed E-state index contributed by atoms with van der Waals surface area (Å²) in [6.45, 7) is 4.73. The molecule has 2 nitrogen and oxygen atoms in total. The maximum Gasteiger partial charge on any atom is 0.160 e. The second-order valence-electron chi connectivity index (χ2n) is 15.0. The summed E-state index contributed by atoms with van der Waals surface area (Å²) in [6.07, 6.45) is 0. The standard InChI is InChI=1S/C53H38N2/c1-53(2)47-23-13-22-45(51(47)46-32-41-18-9-10-19-42(41)33-48(46)53)44-21-12-11-20-43(44)37-26-30-39(31-27-37)50-34-49(54-52(55-50)40-16-7-4-8-17-40)38-28-24-36(25-29-38)35-14-5-3-6-15-35/h3-34H,1-2H3. The lowest BCUT2D eigenvalue weighted by atomic mass is 9.81. The molecule has 0 radical (unpaired) electrons. The smallest absolute Gasteiger partial charge is 0.160 e. The fourth-order valence-electron chi connectivity index (χ4n) is 8.41. The minimum atomic E-state index is -0.0970. The van der Waals surface area contributed by atoms with Crippen LogP contribution in [0.1, 0.15) is 25.0 Å². The Morgan fingerprint density at radius 1 is 0.327 bits per heavy atom. The lowest BCUT2D eigenvalue weighted by Gasteiger charge is -2.22. The van der Waals surface area contributed by atoms with E-state index in [-0.39, 0.29) is 5.41 Å². The van der Waals surface area contributed by atoms with Crippen LogP contribution in [-0.4, -0.2) is 9.97 Å². The molecule has 55 heavy (non-hydrogen) atoms. The third-order valence-corrected chi connectivity index (χ3v) is 11.3. The number of rotatable bonds is 6. The van der Waals surface area contributed by atoms with Crippen molar-refractivity contribution in [3.8, 4) is 78.4 Å². The van der Waals surface area contributed by atoms with Crippen LogP contribution in [0, 0.1) is 0 Å². The third kappa shape index (κ3) is 5.75. The second kappa shape index (κ2) is 13.2. The Morgan fingerprint density at radius 3 is 1.47 bits per heavy atom. The molecule has 0 amide bonds. The zero-order chi connectivity index (χ0) is 36.9. The Balaban J connectivity index is 1.05. The summed E-state index contributed by atoms with van der Waals surface area (Å²) in [5, 5.41) is 2.56. The van der Waals surface area contributed by atoms with E-state index in [1.165, 1.54) is 66.4 Å². The van der Waals surface area contributed by atoms with Crippen LogP contribution in [0.15, 0.2) is 194 Å². The van der Waals surface area contributed by atoms with Crippen LogP contribution in [0.5, 0.6) is 0 Å². The average molecular weight is 703 g/mol. The van der Waals surface area contributed by atoms with E-state index < -0.39 is 0 Å². The maximum absolute atomic E-state index is 5.12. The van der Waals surface area contributed by atoms with Gasteiger partial charge in [-0.1, -0.05) is 190 Å². The van der Waals surface area contributed by atoms with E-state index in [1.807, 2.05) is 24.3 Å². The Bertz CT molecular complexity index is 2850. The molecule has 1 heterocycles. The maximum atomic E-state index is 5.12. The normalized spacial score (nSPS) is 12.7. The molecule has 0 saturated carbocycles. The van der Waals surface area contributed by atoms with Crippen LogP contribution < -0.4 is 0 Å². The number of fused-ring (bicyclic) bond motifs is 4. The Labute approximate surface area is 322 Å². The van der Waals surface area contributed by atoms with Crippen molar-refractivity contribution in [1.82, 2.24) is 9.97 Å². The number of hydrogen-bond donors (Lipinski definition) is 0. The Morgan fingerprint density at radius 2 is 0.818 bits per heavy atom. The molecule has 0 saturated heterocycles. The highest BCUT2D eigenvalue weighted by Crippen LogP contribution is 2.54. The molecule has 0 spiro atoms. The van der Waals surface area contributed by atoms with Crippen molar-refractivity contribution in [1.29, 1.82) is 0 Å². The lowest BCUT2D eigenvalue weighted by Crippen LogP contribution is -2.14. The molecule has 0 aliphatic heterocycles. The van der Waals surface area contributed by atoms with Gasteiger partial charge in [0.25, 0.3) is 0 Å². The van der Waals surface area contributed by atoms with Crippen molar-refractivity contribution in [2.45, 2.75) is 19.3 Å². The van der Waals surface area contributed by atoms with Crippen LogP contribution in [0.25, 0.3) is 89.2 Å². The van der Waals surface area contributed by atoms with E-state index in [4.69, 9.17) is 9.97 Å². The second-order valence-corrected chi connectivity index (χ2v) is 15.0. The number of benzene rings is 8. The quantitative estimate of drug-likeness (QED) is 0.172. The van der Waals surface area contributed by atoms with Crippen molar-refractivity contribution < 1.29 is 0 Å². The van der Waals surface area contributed by atoms with Crippen molar-refractivity contribution in [3.63, 3.8) is 0 Å². The van der Waals surface area contributed by atoms with Gasteiger partial charge in [-0.15, -0.1) is 0 Å². The molecular formula is C53H38N2. The topological polar surface area (TPSA) is 25.8 Å². The summed E-state index contributed by atoms with van der Waals surface area (Å²) in [7, 11) is 0. The molecule has 0 unspecified atom stereocenters. The molecule has 0 fully saturated rings. The predicted molar refractivity (Wildman–Crippen MR) is 230 cm³/mol. The van der Waals surface area contributed by atoms with Crippen LogP contribution >= 0.6 is 0 Å². The highest BCUT2D eigenvalue weighted by molar-refractivity contribution is 6.00. The molecule has 0 bridgehead atoms. The molecule has 9 aromatic rings. The first-order valence-electron chi connectivity index (χ1n) is 19.0. The molecule has 1 aromatic heterocycles. The predicted octanol–water partition coefficient (Wildman–Crippen LogP) is 13.9. The SMILES string of the molecule is CC1(C)c2cc3ccccc3cc2-c2c(-c3ccccc3-c3ccc(-c4cc(-c5ccc(-c6ccccc6)cc5)nc(-c5ccccc5)n4)cc3)cccc21. The molecule has 2 heteroatoms. The van der Waals surface area contributed by atoms with Gasteiger partial charge < -0.3 is 0 Å². The number of aromatic nitrogens is 2. The van der Waals surface area contributed by atoms with Gasteiger partial charge in [0.2, 0.25) is 0 Å². The summed E-state index contributed by atoms with van der Waals surface area (Å²) in [5.41, 5.74) is 17.5. The van der Waals surface area contributed by atoms with Gasteiger partial charge in [0.1, 0.15) is 0 Å². The van der Waals surface area contributed by atoms with E-state index in [9.17, 15) is 0 Å². The van der Waals surface area contributed by atoms with Crippen molar-refractivity contribution in [2.24, 2.45) is 0 Å². The third-order valence-electron chi connectivity index (χ3n) is 11.3. The molecular weight excluding hydrogens is 665 g/mol. The molecule has 8 aromatic carbocycles. The molecule has 260 valence electrons. The van der Waals surface area contributed by atoms with Gasteiger partial charge in [-0.3, -0.25) is 0 Å². The Hall–Kier alpha value is -6.90. The van der Waals surface area contributed by atoms with Gasteiger partial charge in [0, 0.05) is 22.1 Å². The molecule has 0 atom stereocenters. The highest BCUT2D eigenvalue weighted by atomic mass is 14.9. The molecule has 1 aliphatic carbocycles. The van der Waals surface area contributed by atoms with Crippen LogP contribution in [0.2, 0.25) is 0 Å². The summed E-state index contributed by atoms with van der Waals surface area (Å²) in [5.74, 6) is 0.712. The minimum Gasteiger partial charge on any atom is -0.228 e. The number of nitrogens with zero attached hydrogens (tertiary/aromatic N) is 2. The zero-order valence-electron chi connectivity index (χ0n) is 30.9. The van der Waals surface area contributed by atoms with Crippen LogP contribution in [-0.2, 0) is 5.41 Å². The summed E-state index contributed by atoms with van der Waals surface area (Å²) < 4.78 is 0.